The summed E-state index contributed by atoms with van der Waals surface area (Å²) in [5.74, 6) is 0.279. The zero-order valence-electron chi connectivity index (χ0n) is 14.6. The lowest BCUT2D eigenvalue weighted by Crippen LogP contribution is -2.14. The summed E-state index contributed by atoms with van der Waals surface area (Å²) < 4.78 is 24.9. The maximum atomic E-state index is 13.1. The second-order valence-electron chi connectivity index (χ2n) is 5.56. The van der Waals surface area contributed by atoms with E-state index >= 15 is 0 Å². The van der Waals surface area contributed by atoms with Gasteiger partial charge in [-0.05, 0) is 29.8 Å². The van der Waals surface area contributed by atoms with Crippen molar-refractivity contribution in [3.63, 3.8) is 0 Å². The summed E-state index contributed by atoms with van der Waals surface area (Å²) in [6, 6.07) is 8.93. The predicted octanol–water partition coefficient (Wildman–Crippen LogP) is 3.39. The fourth-order valence-electron chi connectivity index (χ4n) is 2.36. The minimum absolute atomic E-state index is 0.125. The van der Waals surface area contributed by atoms with E-state index in [1.54, 1.807) is 24.3 Å². The Morgan fingerprint density at radius 2 is 1.89 bits per heavy atom. The highest BCUT2D eigenvalue weighted by Crippen LogP contribution is 2.23. The molecule has 0 atom stereocenters. The van der Waals surface area contributed by atoms with E-state index in [0.29, 0.717) is 27.6 Å². The zero-order chi connectivity index (χ0) is 19.4. The minimum Gasteiger partial charge on any atom is -0.497 e. The number of nitrogens with zero attached hydrogens (tertiary/aromatic N) is 3. The Labute approximate surface area is 159 Å². The van der Waals surface area contributed by atoms with Gasteiger partial charge in [0.15, 0.2) is 0 Å². The van der Waals surface area contributed by atoms with Crippen molar-refractivity contribution in [1.82, 2.24) is 14.8 Å². The molecule has 7 nitrogen and oxygen atoms in total. The number of hydrogen-bond acceptors (Lipinski definition) is 5. The molecule has 27 heavy (non-hydrogen) atoms. The molecule has 3 aromatic rings. The van der Waals surface area contributed by atoms with E-state index in [0.717, 1.165) is 0 Å². The van der Waals surface area contributed by atoms with E-state index in [1.807, 2.05) is 0 Å². The second kappa shape index (κ2) is 8.05. The highest BCUT2D eigenvalue weighted by atomic mass is 35.5. The average Bonchev–Trinajstić information content (AvgIpc) is 3.10. The first kappa shape index (κ1) is 18.7. The molecule has 140 valence electrons. The third-order valence-electron chi connectivity index (χ3n) is 3.72. The third-order valence-corrected chi connectivity index (χ3v) is 4.07. The molecule has 1 aromatic heterocycles. The van der Waals surface area contributed by atoms with Crippen molar-refractivity contribution in [2.24, 2.45) is 0 Å². The molecule has 9 heteroatoms. The number of hydrogen-bond donors (Lipinski definition) is 1. The molecular formula is C18H16ClFN4O3. The fourth-order valence-corrected chi connectivity index (χ4v) is 2.59. The molecule has 1 amide bonds. The number of nitrogens with one attached hydrogen (secondary N) is 1. The van der Waals surface area contributed by atoms with E-state index in [-0.39, 0.29) is 12.5 Å². The summed E-state index contributed by atoms with van der Waals surface area (Å²) in [7, 11) is 3.00. The number of anilines is 1. The quantitative estimate of drug-likeness (QED) is 0.698. The van der Waals surface area contributed by atoms with Crippen LogP contribution < -0.4 is 14.8 Å². The van der Waals surface area contributed by atoms with Gasteiger partial charge in [-0.2, -0.15) is 0 Å². The van der Waals surface area contributed by atoms with Crippen LogP contribution in [0.15, 0.2) is 42.7 Å². The molecule has 0 unspecified atom stereocenters. The molecule has 0 bridgehead atoms. The highest BCUT2D eigenvalue weighted by Gasteiger charge is 2.13. The molecule has 0 saturated heterocycles. The van der Waals surface area contributed by atoms with Gasteiger partial charge in [0.1, 0.15) is 23.6 Å². The molecular weight excluding hydrogens is 375 g/mol. The van der Waals surface area contributed by atoms with E-state index in [1.165, 1.54) is 37.4 Å². The van der Waals surface area contributed by atoms with Crippen molar-refractivity contribution < 1.29 is 18.7 Å². The van der Waals surface area contributed by atoms with Gasteiger partial charge in [-0.1, -0.05) is 17.7 Å². The van der Waals surface area contributed by atoms with E-state index < -0.39 is 11.7 Å². The molecule has 0 aliphatic carbocycles. The number of amides is 1. The molecule has 0 spiro atoms. The molecule has 0 aliphatic rings. The van der Waals surface area contributed by atoms with Gasteiger partial charge < -0.3 is 9.47 Å². The topological polar surface area (TPSA) is 78.3 Å². The SMILES string of the molecule is COc1cc(OC)cc(C(=O)Nc2ncn(Cc3ccc(F)cc3Cl)n2)c1. The van der Waals surface area contributed by atoms with Crippen LogP contribution in [0.2, 0.25) is 5.02 Å². The van der Waals surface area contributed by atoms with Crippen LogP contribution in [0.5, 0.6) is 11.5 Å². The molecule has 2 aromatic carbocycles. The summed E-state index contributed by atoms with van der Waals surface area (Å²) >= 11 is 6.01. The van der Waals surface area contributed by atoms with Gasteiger partial charge >= 0.3 is 0 Å². The molecule has 0 aliphatic heterocycles. The lowest BCUT2D eigenvalue weighted by molar-refractivity contribution is 0.102. The van der Waals surface area contributed by atoms with Crippen LogP contribution in [0.3, 0.4) is 0 Å². The average molecular weight is 391 g/mol. The van der Waals surface area contributed by atoms with Crippen molar-refractivity contribution in [2.75, 3.05) is 19.5 Å². The van der Waals surface area contributed by atoms with Gasteiger partial charge in [0.05, 0.1) is 20.8 Å². The van der Waals surface area contributed by atoms with Crippen LogP contribution in [-0.2, 0) is 6.54 Å². The zero-order valence-corrected chi connectivity index (χ0v) is 15.3. The molecule has 1 N–H and O–H groups in total. The maximum Gasteiger partial charge on any atom is 0.258 e. The molecule has 0 saturated carbocycles. The normalized spacial score (nSPS) is 10.5. The lowest BCUT2D eigenvalue weighted by atomic mass is 10.2. The van der Waals surface area contributed by atoms with Gasteiger partial charge in [0.25, 0.3) is 5.91 Å². The molecule has 3 rings (SSSR count). The Hall–Kier alpha value is -3.13. The summed E-state index contributed by atoms with van der Waals surface area (Å²) in [5.41, 5.74) is 1.02. The maximum absolute atomic E-state index is 13.1. The summed E-state index contributed by atoms with van der Waals surface area (Å²) in [5, 5.41) is 7.07. The van der Waals surface area contributed by atoms with Crippen LogP contribution in [-0.4, -0.2) is 34.9 Å². The Morgan fingerprint density at radius 1 is 1.19 bits per heavy atom. The largest absolute Gasteiger partial charge is 0.497 e. The number of ether oxygens (including phenoxy) is 2. The van der Waals surface area contributed by atoms with Gasteiger partial charge in [-0.25, -0.2) is 14.1 Å². The molecule has 1 heterocycles. The number of carbonyl (C=O) groups excluding carboxylic acids is 1. The van der Waals surface area contributed by atoms with Crippen LogP contribution in [0.25, 0.3) is 0 Å². The second-order valence-corrected chi connectivity index (χ2v) is 5.96. The van der Waals surface area contributed by atoms with Crippen molar-refractivity contribution in [1.29, 1.82) is 0 Å². The van der Waals surface area contributed by atoms with Gasteiger partial charge in [0, 0.05) is 16.7 Å². The van der Waals surface area contributed by atoms with Crippen molar-refractivity contribution >= 4 is 23.5 Å². The fraction of sp³-hybridized carbons (Fsp3) is 0.167. The number of rotatable bonds is 6. The molecule has 0 radical (unpaired) electrons. The monoisotopic (exact) mass is 390 g/mol. The van der Waals surface area contributed by atoms with Gasteiger partial charge in [-0.15, -0.1) is 5.10 Å². The number of benzene rings is 2. The standard InChI is InChI=1S/C18H16ClFN4O3/c1-26-14-5-12(6-15(8-14)27-2)17(25)22-18-21-10-24(23-18)9-11-3-4-13(20)7-16(11)19/h3-8,10H,9H2,1-2H3,(H,22,23,25). The van der Waals surface area contributed by atoms with Crippen LogP contribution in [0, 0.1) is 5.82 Å². The van der Waals surface area contributed by atoms with Crippen LogP contribution >= 0.6 is 11.6 Å². The molecule has 0 fully saturated rings. The third kappa shape index (κ3) is 4.53. The summed E-state index contributed by atoms with van der Waals surface area (Å²) in [6.45, 7) is 0.287. The van der Waals surface area contributed by atoms with Gasteiger partial charge in [0.2, 0.25) is 5.95 Å². The minimum atomic E-state index is -0.413. The summed E-state index contributed by atoms with van der Waals surface area (Å²) in [6.07, 6.45) is 1.45. The number of methoxy groups -OCH3 is 2. The van der Waals surface area contributed by atoms with E-state index in [9.17, 15) is 9.18 Å². The number of carbonyl (C=O) groups is 1. The van der Waals surface area contributed by atoms with E-state index in [4.69, 9.17) is 21.1 Å². The van der Waals surface area contributed by atoms with E-state index in [2.05, 4.69) is 15.4 Å². The Kier molecular flexibility index (Phi) is 5.56. The smallest absolute Gasteiger partial charge is 0.258 e. The Morgan fingerprint density at radius 3 is 2.52 bits per heavy atom. The summed E-state index contributed by atoms with van der Waals surface area (Å²) in [4.78, 5) is 16.5. The van der Waals surface area contributed by atoms with Crippen molar-refractivity contribution in [2.45, 2.75) is 6.54 Å². The first-order valence-corrected chi connectivity index (χ1v) is 8.24. The first-order chi connectivity index (χ1) is 13.0. The number of aromatic nitrogens is 3. The highest BCUT2D eigenvalue weighted by molar-refractivity contribution is 6.31. The van der Waals surface area contributed by atoms with Crippen molar-refractivity contribution in [3.05, 3.63) is 64.7 Å². The predicted molar refractivity (Wildman–Crippen MR) is 98.0 cm³/mol. The Bertz CT molecular complexity index is 955. The lowest BCUT2D eigenvalue weighted by Gasteiger charge is -2.08. The van der Waals surface area contributed by atoms with Crippen LogP contribution in [0.1, 0.15) is 15.9 Å². The van der Waals surface area contributed by atoms with Crippen molar-refractivity contribution in [3.8, 4) is 11.5 Å². The van der Waals surface area contributed by atoms with Gasteiger partial charge in [-0.3, -0.25) is 10.1 Å². The first-order valence-electron chi connectivity index (χ1n) is 7.86. The Balaban J connectivity index is 1.73. The van der Waals surface area contributed by atoms with Crippen LogP contribution in [0.4, 0.5) is 10.3 Å². The number of halogens is 2.